The molecule has 0 radical (unpaired) electrons. The van der Waals surface area contributed by atoms with Gasteiger partial charge in [-0.15, -0.1) is 5.10 Å². The maximum absolute atomic E-state index is 13.4. The zero-order valence-corrected chi connectivity index (χ0v) is 15.9. The van der Waals surface area contributed by atoms with Gasteiger partial charge in [0.1, 0.15) is 11.5 Å². The number of carbonyl (C=O) groups is 1. The van der Waals surface area contributed by atoms with E-state index in [1.165, 1.54) is 12.1 Å². The fourth-order valence-electron chi connectivity index (χ4n) is 3.49. The first-order valence-electron chi connectivity index (χ1n) is 9.42. The summed E-state index contributed by atoms with van der Waals surface area (Å²) in [7, 11) is 0. The number of piperazine rings is 1. The van der Waals surface area contributed by atoms with Gasteiger partial charge in [0.05, 0.1) is 11.9 Å². The third kappa shape index (κ3) is 3.62. The predicted octanol–water partition coefficient (Wildman–Crippen LogP) is 2.88. The highest BCUT2D eigenvalue weighted by Gasteiger charge is 2.25. The monoisotopic (exact) mass is 382 g/mol. The molecule has 0 spiro atoms. The molecule has 0 saturated carbocycles. The highest BCUT2D eigenvalue weighted by molar-refractivity contribution is 5.98. The summed E-state index contributed by atoms with van der Waals surface area (Å²) in [4.78, 5) is 19.9. The lowest BCUT2D eigenvalue weighted by Crippen LogP contribution is -2.49. The molecule has 7 nitrogen and oxygen atoms in total. The number of fused-ring (bicyclic) bond motifs is 1. The van der Waals surface area contributed by atoms with Gasteiger partial charge in [0.25, 0.3) is 5.91 Å². The molecule has 3 heterocycles. The van der Waals surface area contributed by atoms with E-state index in [4.69, 9.17) is 0 Å². The number of nitrogens with zero attached hydrogens (tertiary/aromatic N) is 4. The Bertz CT molecular complexity index is 993. The van der Waals surface area contributed by atoms with Crippen molar-refractivity contribution in [3.8, 4) is 0 Å². The minimum absolute atomic E-state index is 0.0732. The summed E-state index contributed by atoms with van der Waals surface area (Å²) in [6.07, 6.45) is 1.67. The Morgan fingerprint density at radius 2 is 1.96 bits per heavy atom. The van der Waals surface area contributed by atoms with Crippen LogP contribution in [0.5, 0.6) is 0 Å². The number of anilines is 2. The van der Waals surface area contributed by atoms with Gasteiger partial charge in [-0.2, -0.15) is 5.10 Å². The number of nitrogens with one attached hydrogen (secondary N) is 2. The zero-order valence-electron chi connectivity index (χ0n) is 15.9. The first-order valence-corrected chi connectivity index (χ1v) is 9.42. The molecular formula is C20H23FN6O. The van der Waals surface area contributed by atoms with E-state index < -0.39 is 0 Å². The molecule has 8 heteroatoms. The summed E-state index contributed by atoms with van der Waals surface area (Å²) in [5, 5.41) is 12.4. The molecule has 0 atom stereocenters. The number of aromatic amines is 1. The number of halogens is 1. The van der Waals surface area contributed by atoms with Gasteiger partial charge in [0, 0.05) is 43.1 Å². The zero-order chi connectivity index (χ0) is 19.7. The van der Waals surface area contributed by atoms with Crippen molar-refractivity contribution in [2.75, 3.05) is 36.4 Å². The number of rotatable bonds is 4. The summed E-state index contributed by atoms with van der Waals surface area (Å²) < 4.78 is 13.4. The SMILES string of the molecule is CC(C)Nc1ccnnc1N1CCN(C(=O)c2cc3cc(F)ccc3[nH]2)CC1. The summed E-state index contributed by atoms with van der Waals surface area (Å²) in [6.45, 7) is 6.67. The van der Waals surface area contributed by atoms with Gasteiger partial charge in [-0.25, -0.2) is 4.39 Å². The van der Waals surface area contributed by atoms with Crippen LogP contribution < -0.4 is 10.2 Å². The molecule has 0 unspecified atom stereocenters. The van der Waals surface area contributed by atoms with Crippen molar-refractivity contribution in [3.63, 3.8) is 0 Å². The lowest BCUT2D eigenvalue weighted by Gasteiger charge is -2.35. The summed E-state index contributed by atoms with van der Waals surface area (Å²) in [5.74, 6) is 0.425. The Labute approximate surface area is 162 Å². The lowest BCUT2D eigenvalue weighted by atomic mass is 10.2. The van der Waals surface area contributed by atoms with E-state index in [1.54, 1.807) is 18.3 Å². The average Bonchev–Trinajstić information content (AvgIpc) is 3.11. The Balaban J connectivity index is 1.46. The van der Waals surface area contributed by atoms with Gasteiger partial charge in [0.2, 0.25) is 0 Å². The first-order chi connectivity index (χ1) is 13.5. The fourth-order valence-corrected chi connectivity index (χ4v) is 3.49. The van der Waals surface area contributed by atoms with E-state index in [1.807, 2.05) is 11.0 Å². The van der Waals surface area contributed by atoms with Crippen LogP contribution in [0.3, 0.4) is 0 Å². The summed E-state index contributed by atoms with van der Waals surface area (Å²) in [5.41, 5.74) is 2.19. The molecule has 1 aromatic carbocycles. The van der Waals surface area contributed by atoms with E-state index in [-0.39, 0.29) is 17.8 Å². The molecule has 1 fully saturated rings. The molecule has 1 saturated heterocycles. The quantitative estimate of drug-likeness (QED) is 0.726. The minimum atomic E-state index is -0.311. The lowest BCUT2D eigenvalue weighted by molar-refractivity contribution is 0.0741. The van der Waals surface area contributed by atoms with Crippen LogP contribution >= 0.6 is 0 Å². The second-order valence-electron chi connectivity index (χ2n) is 7.26. The van der Waals surface area contributed by atoms with E-state index >= 15 is 0 Å². The van der Waals surface area contributed by atoms with Crippen LogP contribution in [0, 0.1) is 5.82 Å². The molecule has 28 heavy (non-hydrogen) atoms. The topological polar surface area (TPSA) is 77.2 Å². The molecule has 3 aromatic rings. The van der Waals surface area contributed by atoms with Gasteiger partial charge in [-0.3, -0.25) is 4.79 Å². The highest BCUT2D eigenvalue weighted by atomic mass is 19.1. The summed E-state index contributed by atoms with van der Waals surface area (Å²) >= 11 is 0. The highest BCUT2D eigenvalue weighted by Crippen LogP contribution is 2.24. The van der Waals surface area contributed by atoms with Gasteiger partial charge >= 0.3 is 0 Å². The number of aromatic nitrogens is 3. The number of H-pyrrole nitrogens is 1. The van der Waals surface area contributed by atoms with Crippen LogP contribution in [0.2, 0.25) is 0 Å². The molecular weight excluding hydrogens is 359 g/mol. The normalized spacial score (nSPS) is 14.7. The van der Waals surface area contributed by atoms with Gasteiger partial charge in [-0.1, -0.05) is 0 Å². The Hall–Kier alpha value is -3.16. The maximum atomic E-state index is 13.4. The Morgan fingerprint density at radius 3 is 2.71 bits per heavy atom. The number of carbonyl (C=O) groups excluding carboxylic acids is 1. The second-order valence-corrected chi connectivity index (χ2v) is 7.26. The van der Waals surface area contributed by atoms with Crippen molar-refractivity contribution < 1.29 is 9.18 Å². The van der Waals surface area contributed by atoms with Crippen molar-refractivity contribution in [1.82, 2.24) is 20.1 Å². The maximum Gasteiger partial charge on any atom is 0.270 e. The standard InChI is InChI=1S/C20H23FN6O/c1-13(2)23-17-5-6-22-25-19(17)26-7-9-27(10-8-26)20(28)18-12-14-11-15(21)3-4-16(14)24-18/h3-6,11-13,24H,7-10H2,1-2H3,(H,22,23). The third-order valence-corrected chi connectivity index (χ3v) is 4.83. The molecule has 0 aliphatic carbocycles. The van der Waals surface area contributed by atoms with Crippen molar-refractivity contribution in [1.29, 1.82) is 0 Å². The van der Waals surface area contributed by atoms with Crippen LogP contribution in [0.1, 0.15) is 24.3 Å². The molecule has 0 bridgehead atoms. The van der Waals surface area contributed by atoms with Crippen molar-refractivity contribution in [3.05, 3.63) is 48.0 Å². The smallest absolute Gasteiger partial charge is 0.270 e. The van der Waals surface area contributed by atoms with E-state index in [0.717, 1.165) is 17.0 Å². The second kappa shape index (κ2) is 7.46. The Morgan fingerprint density at radius 1 is 1.18 bits per heavy atom. The largest absolute Gasteiger partial charge is 0.380 e. The van der Waals surface area contributed by atoms with Crippen LogP contribution in [0.25, 0.3) is 10.9 Å². The molecule has 1 aliphatic heterocycles. The third-order valence-electron chi connectivity index (χ3n) is 4.83. The van der Waals surface area contributed by atoms with Crippen LogP contribution in [-0.2, 0) is 0 Å². The minimum Gasteiger partial charge on any atom is -0.380 e. The van der Waals surface area contributed by atoms with Gasteiger partial charge in [0.15, 0.2) is 5.82 Å². The number of amides is 1. The molecule has 2 aromatic heterocycles. The average molecular weight is 382 g/mol. The molecule has 4 rings (SSSR count). The first kappa shape index (κ1) is 18.2. The fraction of sp³-hybridized carbons (Fsp3) is 0.350. The molecule has 1 aliphatic rings. The van der Waals surface area contributed by atoms with Gasteiger partial charge < -0.3 is 20.1 Å². The number of hydrogen-bond donors (Lipinski definition) is 2. The molecule has 2 N–H and O–H groups in total. The van der Waals surface area contributed by atoms with Gasteiger partial charge in [-0.05, 0) is 44.2 Å². The van der Waals surface area contributed by atoms with Crippen molar-refractivity contribution in [2.24, 2.45) is 0 Å². The predicted molar refractivity (Wildman–Crippen MR) is 107 cm³/mol. The molecule has 1 amide bonds. The van der Waals surface area contributed by atoms with E-state index in [0.29, 0.717) is 37.3 Å². The molecule has 146 valence electrons. The summed E-state index contributed by atoms with van der Waals surface area (Å²) in [6, 6.07) is 8.38. The number of hydrogen-bond acceptors (Lipinski definition) is 5. The van der Waals surface area contributed by atoms with Crippen molar-refractivity contribution in [2.45, 2.75) is 19.9 Å². The van der Waals surface area contributed by atoms with Crippen LogP contribution in [0.4, 0.5) is 15.9 Å². The van der Waals surface area contributed by atoms with E-state index in [9.17, 15) is 9.18 Å². The number of benzene rings is 1. The van der Waals surface area contributed by atoms with Crippen molar-refractivity contribution >= 4 is 28.3 Å². The Kier molecular flexibility index (Phi) is 4.85. The van der Waals surface area contributed by atoms with Crippen LogP contribution in [0.15, 0.2) is 36.5 Å². The van der Waals surface area contributed by atoms with E-state index in [2.05, 4.69) is 39.2 Å². The van der Waals surface area contributed by atoms with Crippen LogP contribution in [-0.4, -0.2) is 58.2 Å².